The molecule has 1 heterocycles. The molecule has 1 saturated heterocycles. The van der Waals surface area contributed by atoms with Gasteiger partial charge in [-0.25, -0.2) is 9.18 Å². The zero-order valence-electron chi connectivity index (χ0n) is 15.2. The number of hydrogen-bond donors (Lipinski definition) is 0. The third kappa shape index (κ3) is 4.22. The summed E-state index contributed by atoms with van der Waals surface area (Å²) in [6.07, 6.45) is 5.80. The summed E-state index contributed by atoms with van der Waals surface area (Å²) in [5.41, 5.74) is 0.853. The molecule has 1 aromatic rings. The molecule has 0 spiro atoms. The van der Waals surface area contributed by atoms with Crippen LogP contribution in [0.15, 0.2) is 24.3 Å². The monoisotopic (exact) mass is 379 g/mol. The van der Waals surface area contributed by atoms with Crippen molar-refractivity contribution >= 4 is 23.6 Å². The van der Waals surface area contributed by atoms with Crippen LogP contribution in [0, 0.1) is 11.7 Å². The SMILES string of the molecule is CCCOC(=O)C1CSC(c2ccc(F)cc2)N1C(=O)C1CCCCC1. The zero-order valence-corrected chi connectivity index (χ0v) is 16.0. The first-order valence-corrected chi connectivity index (χ1v) is 10.5. The maximum absolute atomic E-state index is 13.3. The largest absolute Gasteiger partial charge is 0.464 e. The molecule has 1 aliphatic carbocycles. The molecule has 1 aromatic carbocycles. The summed E-state index contributed by atoms with van der Waals surface area (Å²) in [5.74, 6) is -0.0912. The van der Waals surface area contributed by atoms with Gasteiger partial charge in [-0.3, -0.25) is 4.79 Å². The number of amides is 1. The van der Waals surface area contributed by atoms with Crippen LogP contribution >= 0.6 is 11.8 Å². The van der Waals surface area contributed by atoms with E-state index in [1.807, 2.05) is 6.92 Å². The number of hydrogen-bond acceptors (Lipinski definition) is 4. The fraction of sp³-hybridized carbons (Fsp3) is 0.600. The molecule has 0 bridgehead atoms. The average Bonchev–Trinajstić information content (AvgIpc) is 3.12. The van der Waals surface area contributed by atoms with Crippen molar-refractivity contribution in [3.8, 4) is 0 Å². The van der Waals surface area contributed by atoms with Crippen molar-refractivity contribution in [2.24, 2.45) is 5.92 Å². The van der Waals surface area contributed by atoms with Gasteiger partial charge < -0.3 is 9.64 Å². The van der Waals surface area contributed by atoms with E-state index in [4.69, 9.17) is 4.74 Å². The number of carbonyl (C=O) groups excluding carboxylic acids is 2. The highest BCUT2D eigenvalue weighted by Gasteiger charge is 2.45. The molecule has 1 amide bonds. The van der Waals surface area contributed by atoms with Gasteiger partial charge in [0.2, 0.25) is 5.91 Å². The van der Waals surface area contributed by atoms with Crippen LogP contribution < -0.4 is 0 Å². The highest BCUT2D eigenvalue weighted by Crippen LogP contribution is 2.43. The van der Waals surface area contributed by atoms with E-state index in [1.54, 1.807) is 28.8 Å². The van der Waals surface area contributed by atoms with E-state index in [2.05, 4.69) is 0 Å². The smallest absolute Gasteiger partial charge is 0.329 e. The topological polar surface area (TPSA) is 46.6 Å². The first kappa shape index (κ1) is 19.2. The van der Waals surface area contributed by atoms with Crippen molar-refractivity contribution in [1.29, 1.82) is 0 Å². The maximum atomic E-state index is 13.3. The van der Waals surface area contributed by atoms with E-state index >= 15 is 0 Å². The minimum absolute atomic E-state index is 0.0214. The van der Waals surface area contributed by atoms with E-state index in [-0.39, 0.29) is 29.0 Å². The van der Waals surface area contributed by atoms with Gasteiger partial charge in [0.15, 0.2) is 0 Å². The normalized spacial score (nSPS) is 23.8. The molecule has 0 N–H and O–H groups in total. The Balaban J connectivity index is 1.84. The molecule has 0 radical (unpaired) electrons. The highest BCUT2D eigenvalue weighted by molar-refractivity contribution is 7.99. The van der Waals surface area contributed by atoms with Gasteiger partial charge in [0.1, 0.15) is 17.2 Å². The van der Waals surface area contributed by atoms with Crippen molar-refractivity contribution in [3.63, 3.8) is 0 Å². The predicted octanol–water partition coefficient (Wildman–Crippen LogP) is 4.30. The Hall–Kier alpha value is -1.56. The standard InChI is InChI=1S/C20H26FNO3S/c1-2-12-25-20(24)17-13-26-19(15-8-10-16(21)11-9-15)22(17)18(23)14-6-4-3-5-7-14/h8-11,14,17,19H,2-7,12-13H2,1H3. The van der Waals surface area contributed by atoms with E-state index in [9.17, 15) is 14.0 Å². The molecule has 26 heavy (non-hydrogen) atoms. The van der Waals surface area contributed by atoms with Crippen LogP contribution in [-0.4, -0.2) is 35.2 Å². The Morgan fingerprint density at radius 3 is 2.54 bits per heavy atom. The molecule has 1 saturated carbocycles. The molecular weight excluding hydrogens is 353 g/mol. The molecule has 2 fully saturated rings. The summed E-state index contributed by atoms with van der Waals surface area (Å²) in [6, 6.07) is 5.65. The number of esters is 1. The molecule has 4 nitrogen and oxygen atoms in total. The van der Waals surface area contributed by atoms with Crippen LogP contribution in [0.25, 0.3) is 0 Å². The van der Waals surface area contributed by atoms with Gasteiger partial charge in [0.25, 0.3) is 0 Å². The number of thioether (sulfide) groups is 1. The van der Waals surface area contributed by atoms with Crippen molar-refractivity contribution in [2.45, 2.75) is 56.9 Å². The second kappa shape index (κ2) is 8.89. The lowest BCUT2D eigenvalue weighted by Crippen LogP contribution is -2.46. The lowest BCUT2D eigenvalue weighted by molar-refractivity contribution is -0.156. The second-order valence-electron chi connectivity index (χ2n) is 7.00. The number of rotatable bonds is 5. The van der Waals surface area contributed by atoms with Gasteiger partial charge >= 0.3 is 5.97 Å². The lowest BCUT2D eigenvalue weighted by atomic mass is 9.88. The Morgan fingerprint density at radius 2 is 1.88 bits per heavy atom. The Morgan fingerprint density at radius 1 is 1.19 bits per heavy atom. The lowest BCUT2D eigenvalue weighted by Gasteiger charge is -2.33. The molecular formula is C20H26FNO3S. The van der Waals surface area contributed by atoms with Gasteiger partial charge in [0.05, 0.1) is 6.61 Å². The minimum atomic E-state index is -0.559. The Kier molecular flexibility index (Phi) is 6.57. The van der Waals surface area contributed by atoms with Gasteiger partial charge in [-0.05, 0) is 37.0 Å². The zero-order chi connectivity index (χ0) is 18.5. The number of ether oxygens (including phenoxy) is 1. The molecule has 6 heteroatoms. The summed E-state index contributed by atoms with van der Waals surface area (Å²) < 4.78 is 18.6. The second-order valence-corrected chi connectivity index (χ2v) is 8.11. The quantitative estimate of drug-likeness (QED) is 0.716. The Labute approximate surface area is 158 Å². The predicted molar refractivity (Wildman–Crippen MR) is 100 cm³/mol. The fourth-order valence-corrected chi connectivity index (χ4v) is 5.12. The summed E-state index contributed by atoms with van der Waals surface area (Å²) >= 11 is 1.55. The third-order valence-corrected chi connectivity index (χ3v) is 6.41. The van der Waals surface area contributed by atoms with E-state index < -0.39 is 6.04 Å². The van der Waals surface area contributed by atoms with Crippen LogP contribution in [0.4, 0.5) is 4.39 Å². The van der Waals surface area contributed by atoms with E-state index in [1.165, 1.54) is 18.6 Å². The molecule has 2 unspecified atom stereocenters. The Bertz CT molecular complexity index is 630. The molecule has 1 aliphatic heterocycles. The van der Waals surface area contributed by atoms with Crippen molar-refractivity contribution in [1.82, 2.24) is 4.90 Å². The summed E-state index contributed by atoms with van der Waals surface area (Å²) in [6.45, 7) is 2.32. The third-order valence-electron chi connectivity index (χ3n) is 5.08. The van der Waals surface area contributed by atoms with E-state index in [0.717, 1.165) is 37.7 Å². The first-order valence-electron chi connectivity index (χ1n) is 9.47. The highest BCUT2D eigenvalue weighted by atomic mass is 32.2. The van der Waals surface area contributed by atoms with Gasteiger partial charge in [-0.2, -0.15) is 0 Å². The fourth-order valence-electron chi connectivity index (χ4n) is 3.70. The van der Waals surface area contributed by atoms with Crippen LogP contribution in [-0.2, 0) is 14.3 Å². The molecule has 142 valence electrons. The van der Waals surface area contributed by atoms with Crippen LogP contribution in [0.3, 0.4) is 0 Å². The van der Waals surface area contributed by atoms with Crippen LogP contribution in [0.5, 0.6) is 0 Å². The van der Waals surface area contributed by atoms with Crippen molar-refractivity contribution in [3.05, 3.63) is 35.6 Å². The molecule has 2 aliphatic rings. The van der Waals surface area contributed by atoms with Crippen molar-refractivity contribution in [2.75, 3.05) is 12.4 Å². The number of nitrogens with zero attached hydrogens (tertiary/aromatic N) is 1. The number of carbonyl (C=O) groups is 2. The summed E-state index contributed by atoms with van der Waals surface area (Å²) in [5, 5.41) is -0.260. The van der Waals surface area contributed by atoms with Gasteiger partial charge in [0, 0.05) is 11.7 Å². The minimum Gasteiger partial charge on any atom is -0.464 e. The van der Waals surface area contributed by atoms with Crippen LogP contribution in [0.2, 0.25) is 0 Å². The van der Waals surface area contributed by atoms with Gasteiger partial charge in [-0.15, -0.1) is 11.8 Å². The maximum Gasteiger partial charge on any atom is 0.329 e. The summed E-state index contributed by atoms with van der Waals surface area (Å²) in [7, 11) is 0. The average molecular weight is 379 g/mol. The molecule has 3 rings (SSSR count). The number of halogens is 1. The molecule has 0 aromatic heterocycles. The molecule has 2 atom stereocenters. The van der Waals surface area contributed by atoms with Crippen molar-refractivity contribution < 1.29 is 18.7 Å². The van der Waals surface area contributed by atoms with Gasteiger partial charge in [-0.1, -0.05) is 38.3 Å². The van der Waals surface area contributed by atoms with E-state index in [0.29, 0.717) is 12.4 Å². The van der Waals surface area contributed by atoms with Crippen LogP contribution in [0.1, 0.15) is 56.4 Å². The summed E-state index contributed by atoms with van der Waals surface area (Å²) in [4.78, 5) is 27.5. The first-order chi connectivity index (χ1) is 12.6. The number of benzene rings is 1.